The third-order valence-corrected chi connectivity index (χ3v) is 6.39. The number of nitrogens with zero attached hydrogens (tertiary/aromatic N) is 2. The molecule has 1 aliphatic heterocycles. The van der Waals surface area contributed by atoms with Gasteiger partial charge >= 0.3 is 0 Å². The summed E-state index contributed by atoms with van der Waals surface area (Å²) in [7, 11) is 0. The van der Waals surface area contributed by atoms with Crippen molar-refractivity contribution in [1.29, 1.82) is 0 Å². The van der Waals surface area contributed by atoms with Gasteiger partial charge in [0.05, 0.1) is 0 Å². The van der Waals surface area contributed by atoms with E-state index in [1.165, 1.54) is 27.6 Å². The lowest BCUT2D eigenvalue weighted by Crippen LogP contribution is -2.38. The van der Waals surface area contributed by atoms with Crippen molar-refractivity contribution < 1.29 is 0 Å². The van der Waals surface area contributed by atoms with Gasteiger partial charge in [-0.3, -0.25) is 4.90 Å². The first-order chi connectivity index (χ1) is 13.0. The predicted octanol–water partition coefficient (Wildman–Crippen LogP) is 5.92. The minimum atomic E-state index is 0.600. The van der Waals surface area contributed by atoms with Gasteiger partial charge < -0.3 is 4.57 Å². The van der Waals surface area contributed by atoms with Gasteiger partial charge in [-0.1, -0.05) is 36.7 Å². The van der Waals surface area contributed by atoms with E-state index in [0.29, 0.717) is 6.04 Å². The maximum absolute atomic E-state index is 6.05. The number of benzene rings is 2. The average molecular weight is 381 g/mol. The number of likely N-dealkylation sites (N-methyl/N-ethyl adjacent to an activating group) is 1. The topological polar surface area (TPSA) is 8.17 Å². The summed E-state index contributed by atoms with van der Waals surface area (Å²) in [4.78, 5) is 2.60. The maximum atomic E-state index is 6.05. The summed E-state index contributed by atoms with van der Waals surface area (Å²) in [5, 5.41) is 2.29. The Hall–Kier alpha value is -1.77. The SMILES string of the molecule is CCN1Cc2c(n(CCc3ccc(Cl)cc3)c3cc(C)cc(C)c23)CC1C. The van der Waals surface area contributed by atoms with E-state index in [0.717, 1.165) is 37.5 Å². The van der Waals surface area contributed by atoms with E-state index < -0.39 is 0 Å². The number of fused-ring (bicyclic) bond motifs is 3. The molecule has 27 heavy (non-hydrogen) atoms. The molecule has 0 bridgehead atoms. The Morgan fingerprint density at radius 1 is 1.11 bits per heavy atom. The third-order valence-electron chi connectivity index (χ3n) is 6.14. The first-order valence-corrected chi connectivity index (χ1v) is 10.5. The summed E-state index contributed by atoms with van der Waals surface area (Å²) in [6.07, 6.45) is 2.17. The van der Waals surface area contributed by atoms with Crippen LogP contribution in [-0.2, 0) is 25.9 Å². The summed E-state index contributed by atoms with van der Waals surface area (Å²) < 4.78 is 2.60. The van der Waals surface area contributed by atoms with E-state index in [2.05, 4.69) is 61.4 Å². The highest BCUT2D eigenvalue weighted by molar-refractivity contribution is 6.30. The summed E-state index contributed by atoms with van der Waals surface area (Å²) in [5.74, 6) is 0. The molecule has 0 N–H and O–H groups in total. The average Bonchev–Trinajstić information content (AvgIpc) is 2.93. The smallest absolute Gasteiger partial charge is 0.0491 e. The Bertz CT molecular complexity index is 968. The van der Waals surface area contributed by atoms with Crippen LogP contribution in [0.4, 0.5) is 0 Å². The summed E-state index contributed by atoms with van der Waals surface area (Å²) in [6, 6.07) is 13.6. The van der Waals surface area contributed by atoms with E-state index in [1.807, 2.05) is 12.1 Å². The number of aryl methyl sites for hydroxylation is 4. The van der Waals surface area contributed by atoms with Crippen molar-refractivity contribution in [3.8, 4) is 0 Å². The van der Waals surface area contributed by atoms with Gasteiger partial charge in [0, 0.05) is 47.2 Å². The number of rotatable bonds is 4. The second-order valence-electron chi connectivity index (χ2n) is 8.05. The molecule has 0 amide bonds. The standard InChI is InChI=1S/C24H29ClN2/c1-5-26-15-21-22(14-18(26)4)27(11-10-19-6-8-20(25)9-7-19)23-13-16(2)12-17(3)24(21)23/h6-9,12-13,18H,5,10-11,14-15H2,1-4H3. The second-order valence-corrected chi connectivity index (χ2v) is 8.48. The van der Waals surface area contributed by atoms with Crippen molar-refractivity contribution in [1.82, 2.24) is 9.47 Å². The quantitative estimate of drug-likeness (QED) is 0.545. The lowest BCUT2D eigenvalue weighted by Gasteiger charge is -2.33. The first-order valence-electron chi connectivity index (χ1n) is 10.1. The largest absolute Gasteiger partial charge is 0.344 e. The summed E-state index contributed by atoms with van der Waals surface area (Å²) >= 11 is 6.05. The number of halogens is 1. The highest BCUT2D eigenvalue weighted by atomic mass is 35.5. The van der Waals surface area contributed by atoms with Gasteiger partial charge in [0.2, 0.25) is 0 Å². The fraction of sp³-hybridized carbons (Fsp3) is 0.417. The molecule has 4 rings (SSSR count). The number of hydrogen-bond donors (Lipinski definition) is 0. The van der Waals surface area contributed by atoms with E-state index in [4.69, 9.17) is 11.6 Å². The molecule has 2 nitrogen and oxygen atoms in total. The van der Waals surface area contributed by atoms with Crippen LogP contribution < -0.4 is 0 Å². The summed E-state index contributed by atoms with van der Waals surface area (Å²) in [5.41, 5.74) is 8.62. The second kappa shape index (κ2) is 7.33. The Labute approximate surface area is 167 Å². The van der Waals surface area contributed by atoms with Gasteiger partial charge in [-0.05, 0) is 74.2 Å². The van der Waals surface area contributed by atoms with Crippen LogP contribution in [0.2, 0.25) is 5.02 Å². The molecule has 142 valence electrons. The van der Waals surface area contributed by atoms with Gasteiger partial charge in [-0.2, -0.15) is 0 Å². The number of hydrogen-bond acceptors (Lipinski definition) is 1. The lowest BCUT2D eigenvalue weighted by atomic mass is 9.97. The molecule has 0 aliphatic carbocycles. The van der Waals surface area contributed by atoms with E-state index in [-0.39, 0.29) is 0 Å². The Balaban J connectivity index is 1.79. The molecule has 0 saturated carbocycles. The zero-order valence-electron chi connectivity index (χ0n) is 16.8. The summed E-state index contributed by atoms with van der Waals surface area (Å²) in [6.45, 7) is 12.3. The molecular weight excluding hydrogens is 352 g/mol. The zero-order valence-corrected chi connectivity index (χ0v) is 17.6. The fourth-order valence-corrected chi connectivity index (χ4v) is 4.87. The highest BCUT2D eigenvalue weighted by Crippen LogP contribution is 2.35. The first kappa shape index (κ1) is 18.6. The molecule has 1 aromatic heterocycles. The Morgan fingerprint density at radius 3 is 2.56 bits per heavy atom. The van der Waals surface area contributed by atoms with Crippen molar-refractivity contribution in [3.63, 3.8) is 0 Å². The van der Waals surface area contributed by atoms with Gasteiger partial charge in [-0.15, -0.1) is 0 Å². The Kier molecular flexibility index (Phi) is 5.05. The van der Waals surface area contributed by atoms with Crippen molar-refractivity contribution in [2.24, 2.45) is 0 Å². The van der Waals surface area contributed by atoms with Crippen molar-refractivity contribution in [2.75, 3.05) is 6.54 Å². The monoisotopic (exact) mass is 380 g/mol. The Morgan fingerprint density at radius 2 is 1.85 bits per heavy atom. The molecule has 3 heteroatoms. The molecule has 1 aliphatic rings. The minimum absolute atomic E-state index is 0.600. The minimum Gasteiger partial charge on any atom is -0.344 e. The van der Waals surface area contributed by atoms with Crippen LogP contribution in [-0.4, -0.2) is 22.1 Å². The molecule has 0 fully saturated rings. The van der Waals surface area contributed by atoms with Crippen LogP contribution in [0, 0.1) is 13.8 Å². The molecule has 1 atom stereocenters. The van der Waals surface area contributed by atoms with E-state index in [9.17, 15) is 0 Å². The molecule has 3 aromatic rings. The molecule has 2 heterocycles. The fourth-order valence-electron chi connectivity index (χ4n) is 4.75. The van der Waals surface area contributed by atoms with Gasteiger partial charge in [0.15, 0.2) is 0 Å². The van der Waals surface area contributed by atoms with Crippen molar-refractivity contribution in [2.45, 2.75) is 59.7 Å². The van der Waals surface area contributed by atoms with Crippen LogP contribution in [0.25, 0.3) is 10.9 Å². The molecule has 0 spiro atoms. The van der Waals surface area contributed by atoms with Crippen molar-refractivity contribution >= 4 is 22.5 Å². The normalized spacial score (nSPS) is 17.4. The zero-order chi connectivity index (χ0) is 19.1. The maximum Gasteiger partial charge on any atom is 0.0491 e. The predicted molar refractivity (Wildman–Crippen MR) is 116 cm³/mol. The van der Waals surface area contributed by atoms with E-state index in [1.54, 1.807) is 11.3 Å². The molecule has 0 saturated heterocycles. The van der Waals surface area contributed by atoms with Crippen LogP contribution in [0.15, 0.2) is 36.4 Å². The van der Waals surface area contributed by atoms with Crippen LogP contribution in [0.5, 0.6) is 0 Å². The third kappa shape index (κ3) is 3.41. The lowest BCUT2D eigenvalue weighted by molar-refractivity contribution is 0.192. The molecular formula is C24H29ClN2. The van der Waals surface area contributed by atoms with Gasteiger partial charge in [0.1, 0.15) is 0 Å². The molecule has 1 unspecified atom stereocenters. The number of aromatic nitrogens is 1. The van der Waals surface area contributed by atoms with Gasteiger partial charge in [0.25, 0.3) is 0 Å². The van der Waals surface area contributed by atoms with Gasteiger partial charge in [-0.25, -0.2) is 0 Å². The molecule has 0 radical (unpaired) electrons. The highest BCUT2D eigenvalue weighted by Gasteiger charge is 2.28. The van der Waals surface area contributed by atoms with Crippen LogP contribution in [0.1, 0.15) is 41.8 Å². The van der Waals surface area contributed by atoms with Crippen molar-refractivity contribution in [3.05, 3.63) is 69.4 Å². The van der Waals surface area contributed by atoms with Crippen LogP contribution in [0.3, 0.4) is 0 Å². The van der Waals surface area contributed by atoms with E-state index >= 15 is 0 Å². The molecule has 2 aromatic carbocycles. The van der Waals surface area contributed by atoms with Crippen LogP contribution >= 0.6 is 11.6 Å².